The Morgan fingerprint density at radius 2 is 1.96 bits per heavy atom. The van der Waals surface area contributed by atoms with Gasteiger partial charge >= 0.3 is 0 Å². The van der Waals surface area contributed by atoms with E-state index in [4.69, 9.17) is 0 Å². The van der Waals surface area contributed by atoms with Crippen LogP contribution in [0.3, 0.4) is 0 Å². The topological polar surface area (TPSA) is 67.1 Å². The van der Waals surface area contributed by atoms with Crippen LogP contribution in [0.2, 0.25) is 0 Å². The summed E-state index contributed by atoms with van der Waals surface area (Å²) in [6.07, 6.45) is 2.63. The minimum absolute atomic E-state index is 0.253. The third-order valence-corrected chi connectivity index (χ3v) is 5.19. The molecule has 2 N–H and O–H groups in total. The predicted octanol–water partition coefficient (Wildman–Crippen LogP) is 2.99. The van der Waals surface area contributed by atoms with Crippen molar-refractivity contribution in [2.24, 2.45) is 4.99 Å². The van der Waals surface area contributed by atoms with Crippen LogP contribution in [0.15, 0.2) is 41.5 Å². The molecule has 142 valence electrons. The minimum atomic E-state index is -0.253. The van der Waals surface area contributed by atoms with Gasteiger partial charge in [0.25, 0.3) is 0 Å². The number of benzene rings is 1. The quantitative estimate of drug-likeness (QED) is 0.505. The second-order valence-electron chi connectivity index (χ2n) is 6.08. The first-order chi connectivity index (χ1) is 13.0. The molecule has 0 amide bonds. The van der Waals surface area contributed by atoms with Crippen LogP contribution >= 0.6 is 11.3 Å². The van der Waals surface area contributed by atoms with Crippen LogP contribution < -0.4 is 10.6 Å². The van der Waals surface area contributed by atoms with E-state index in [0.717, 1.165) is 34.5 Å². The third kappa shape index (κ3) is 5.13. The highest BCUT2D eigenvalue weighted by Crippen LogP contribution is 2.15. The van der Waals surface area contributed by atoms with E-state index in [9.17, 15) is 4.39 Å². The highest BCUT2D eigenvalue weighted by Gasteiger charge is 2.06. The van der Waals surface area contributed by atoms with Gasteiger partial charge in [-0.15, -0.1) is 11.3 Å². The number of halogens is 1. The summed E-state index contributed by atoms with van der Waals surface area (Å²) in [7, 11) is 1.75. The zero-order valence-corrected chi connectivity index (χ0v) is 16.5. The van der Waals surface area contributed by atoms with E-state index < -0.39 is 0 Å². The predicted molar refractivity (Wildman–Crippen MR) is 107 cm³/mol. The van der Waals surface area contributed by atoms with Gasteiger partial charge in [0.2, 0.25) is 0 Å². The van der Waals surface area contributed by atoms with Gasteiger partial charge in [0.05, 0.1) is 23.6 Å². The molecule has 27 heavy (non-hydrogen) atoms. The number of nitrogens with zero attached hydrogens (tertiary/aromatic N) is 4. The lowest BCUT2D eigenvalue weighted by atomic mass is 10.3. The van der Waals surface area contributed by atoms with Crippen LogP contribution in [-0.4, -0.2) is 34.3 Å². The van der Waals surface area contributed by atoms with Crippen LogP contribution in [0.5, 0.6) is 0 Å². The molecule has 0 fully saturated rings. The molecule has 0 spiro atoms. The lowest BCUT2D eigenvalue weighted by Gasteiger charge is -2.10. The van der Waals surface area contributed by atoms with Crippen molar-refractivity contribution in [1.29, 1.82) is 0 Å². The Hall–Kier alpha value is -2.74. The average Bonchev–Trinajstić information content (AvgIpc) is 3.25. The van der Waals surface area contributed by atoms with Gasteiger partial charge in [0.15, 0.2) is 5.96 Å². The molecule has 0 aliphatic heterocycles. The van der Waals surface area contributed by atoms with Gasteiger partial charge in [-0.3, -0.25) is 4.99 Å². The number of hydrogen-bond donors (Lipinski definition) is 2. The van der Waals surface area contributed by atoms with Crippen LogP contribution in [0, 0.1) is 19.7 Å². The molecule has 1 aromatic carbocycles. The van der Waals surface area contributed by atoms with Crippen molar-refractivity contribution in [2.75, 3.05) is 13.6 Å². The second-order valence-corrected chi connectivity index (χ2v) is 7.37. The number of nitrogens with one attached hydrogen (secondary N) is 2. The first-order valence-electron chi connectivity index (χ1n) is 8.73. The van der Waals surface area contributed by atoms with Gasteiger partial charge in [-0.25, -0.2) is 14.1 Å². The van der Waals surface area contributed by atoms with Crippen molar-refractivity contribution < 1.29 is 4.39 Å². The van der Waals surface area contributed by atoms with Crippen molar-refractivity contribution in [2.45, 2.75) is 26.8 Å². The number of aliphatic imine (C=N–C) groups is 1. The largest absolute Gasteiger partial charge is 0.356 e. The van der Waals surface area contributed by atoms with E-state index in [1.807, 2.05) is 19.2 Å². The van der Waals surface area contributed by atoms with Crippen molar-refractivity contribution >= 4 is 17.3 Å². The summed E-state index contributed by atoms with van der Waals surface area (Å²) in [5.74, 6) is 0.482. The van der Waals surface area contributed by atoms with Crippen LogP contribution in [0.25, 0.3) is 5.69 Å². The molecule has 0 aliphatic rings. The Morgan fingerprint density at radius 3 is 2.63 bits per heavy atom. The molecule has 3 rings (SSSR count). The van der Waals surface area contributed by atoms with Crippen molar-refractivity contribution in [1.82, 2.24) is 25.4 Å². The molecule has 2 aromatic heterocycles. The summed E-state index contributed by atoms with van der Waals surface area (Å²) < 4.78 is 14.8. The molecule has 0 bridgehead atoms. The fraction of sp³-hybridized carbons (Fsp3) is 0.316. The van der Waals surface area contributed by atoms with Gasteiger partial charge in [0, 0.05) is 31.1 Å². The Balaban J connectivity index is 1.47. The summed E-state index contributed by atoms with van der Waals surface area (Å²) in [5, 5.41) is 12.1. The highest BCUT2D eigenvalue weighted by molar-refractivity contribution is 7.11. The van der Waals surface area contributed by atoms with Gasteiger partial charge < -0.3 is 10.6 Å². The van der Waals surface area contributed by atoms with Gasteiger partial charge in [-0.2, -0.15) is 5.10 Å². The minimum Gasteiger partial charge on any atom is -0.356 e. The summed E-state index contributed by atoms with van der Waals surface area (Å²) in [5.41, 5.74) is 2.87. The van der Waals surface area contributed by atoms with Gasteiger partial charge in [0.1, 0.15) is 10.8 Å². The summed E-state index contributed by atoms with van der Waals surface area (Å²) in [6.45, 7) is 5.45. The third-order valence-electron chi connectivity index (χ3n) is 4.11. The Bertz CT molecular complexity index is 893. The summed E-state index contributed by atoms with van der Waals surface area (Å²) >= 11 is 1.70. The molecule has 8 heteroatoms. The number of thiazole rings is 1. The maximum atomic E-state index is 13.0. The lowest BCUT2D eigenvalue weighted by Crippen LogP contribution is -2.37. The molecule has 0 atom stereocenters. The smallest absolute Gasteiger partial charge is 0.191 e. The maximum absolute atomic E-state index is 13.0. The van der Waals surface area contributed by atoms with Crippen LogP contribution in [0.4, 0.5) is 4.39 Å². The molecular formula is C19H23FN6S. The number of guanidine groups is 1. The van der Waals surface area contributed by atoms with E-state index in [1.165, 1.54) is 17.0 Å². The van der Waals surface area contributed by atoms with Gasteiger partial charge in [-0.1, -0.05) is 0 Å². The fourth-order valence-electron chi connectivity index (χ4n) is 2.54. The zero-order valence-electron chi connectivity index (χ0n) is 15.7. The van der Waals surface area contributed by atoms with E-state index in [-0.39, 0.29) is 5.82 Å². The molecular weight excluding hydrogens is 363 g/mol. The summed E-state index contributed by atoms with van der Waals surface area (Å²) in [4.78, 5) is 10.00. The molecule has 0 saturated carbocycles. The van der Waals surface area contributed by atoms with E-state index in [2.05, 4.69) is 32.6 Å². The van der Waals surface area contributed by atoms with Gasteiger partial charge in [-0.05, 0) is 44.2 Å². The zero-order chi connectivity index (χ0) is 19.2. The van der Waals surface area contributed by atoms with Crippen molar-refractivity contribution in [3.63, 3.8) is 0 Å². The highest BCUT2D eigenvalue weighted by atomic mass is 32.1. The number of aryl methyl sites for hydroxylation is 2. The van der Waals surface area contributed by atoms with Crippen molar-refractivity contribution in [3.05, 3.63) is 63.6 Å². The second kappa shape index (κ2) is 8.77. The number of aromatic nitrogens is 3. The summed E-state index contributed by atoms with van der Waals surface area (Å²) in [6, 6.07) is 8.23. The molecule has 0 unspecified atom stereocenters. The molecule has 2 heterocycles. The Kier molecular flexibility index (Phi) is 6.18. The maximum Gasteiger partial charge on any atom is 0.191 e. The van der Waals surface area contributed by atoms with Crippen LogP contribution in [0.1, 0.15) is 21.3 Å². The monoisotopic (exact) mass is 386 g/mol. The molecule has 0 saturated heterocycles. The Morgan fingerprint density at radius 1 is 1.19 bits per heavy atom. The first-order valence-corrected chi connectivity index (χ1v) is 9.54. The first kappa shape index (κ1) is 19.0. The fourth-order valence-corrected chi connectivity index (χ4v) is 3.41. The SMILES string of the molecule is CN=C(NCCc1ccn(-c2ccc(F)cc2)n1)NCc1nc(C)c(C)s1. The molecule has 3 aromatic rings. The van der Waals surface area contributed by atoms with E-state index in [0.29, 0.717) is 13.1 Å². The number of hydrogen-bond acceptors (Lipinski definition) is 4. The van der Waals surface area contributed by atoms with E-state index in [1.54, 1.807) is 35.2 Å². The standard InChI is InChI=1S/C19H23FN6S/c1-13-14(2)27-18(24-13)12-23-19(21-3)22-10-8-16-9-11-26(25-16)17-6-4-15(20)5-7-17/h4-7,9,11H,8,10,12H2,1-3H3,(H2,21,22,23). The lowest BCUT2D eigenvalue weighted by molar-refractivity contribution is 0.627. The average molecular weight is 387 g/mol. The Labute approximate surface area is 162 Å². The van der Waals surface area contributed by atoms with Crippen LogP contribution in [-0.2, 0) is 13.0 Å². The normalized spacial score (nSPS) is 11.6. The number of rotatable bonds is 6. The van der Waals surface area contributed by atoms with Crippen molar-refractivity contribution in [3.8, 4) is 5.69 Å². The van der Waals surface area contributed by atoms with E-state index >= 15 is 0 Å². The molecule has 0 aliphatic carbocycles. The molecule has 0 radical (unpaired) electrons. The molecule has 6 nitrogen and oxygen atoms in total.